The Labute approximate surface area is 150 Å². The molecular formula is C17H22N4O3S. The van der Waals surface area contributed by atoms with Crippen LogP contribution in [0.15, 0.2) is 22.3 Å². The van der Waals surface area contributed by atoms with E-state index >= 15 is 0 Å². The fourth-order valence-electron chi connectivity index (χ4n) is 3.55. The Morgan fingerprint density at radius 3 is 3.04 bits per heavy atom. The van der Waals surface area contributed by atoms with Gasteiger partial charge >= 0.3 is 0 Å². The lowest BCUT2D eigenvalue weighted by Crippen LogP contribution is -2.64. The third kappa shape index (κ3) is 3.61. The number of carbonyl (C=O) groups excluding carboxylic acids is 1. The number of thiazole rings is 1. The highest BCUT2D eigenvalue weighted by atomic mass is 32.1. The van der Waals surface area contributed by atoms with Crippen molar-refractivity contribution < 1.29 is 14.1 Å². The number of carbonyl (C=O) groups is 1. The molecule has 2 saturated heterocycles. The second-order valence-electron chi connectivity index (χ2n) is 6.99. The first-order valence-electron chi connectivity index (χ1n) is 8.58. The number of hydrogen-bond donors (Lipinski definition) is 1. The van der Waals surface area contributed by atoms with E-state index in [2.05, 4.69) is 27.3 Å². The molecule has 1 spiro atoms. The standard InChI is InChI=1S/C17H22N4O3S/c1-12-15(25-11-19-12)7-21-9-17(10-21)4-2-13(8-23-17)6-18-16(22)14-3-5-20-24-14/h3,5,11,13H,2,4,6-10H2,1H3,(H,18,22)/t13-/m0/s1. The lowest BCUT2D eigenvalue weighted by molar-refractivity contribution is -0.181. The molecule has 2 aromatic heterocycles. The lowest BCUT2D eigenvalue weighted by atomic mass is 9.83. The molecule has 1 N–H and O–H groups in total. The quantitative estimate of drug-likeness (QED) is 0.874. The summed E-state index contributed by atoms with van der Waals surface area (Å²) in [5.74, 6) is 0.393. The van der Waals surface area contributed by atoms with E-state index in [0.717, 1.165) is 38.2 Å². The van der Waals surface area contributed by atoms with Crippen LogP contribution in [0.4, 0.5) is 0 Å². The lowest BCUT2D eigenvalue weighted by Gasteiger charge is -2.52. The third-order valence-electron chi connectivity index (χ3n) is 5.08. The van der Waals surface area contributed by atoms with Crippen LogP contribution in [0.25, 0.3) is 0 Å². The monoisotopic (exact) mass is 362 g/mol. The van der Waals surface area contributed by atoms with Crippen LogP contribution in [-0.2, 0) is 11.3 Å². The molecule has 0 saturated carbocycles. The average Bonchev–Trinajstić information content (AvgIpc) is 3.25. The normalized spacial score (nSPS) is 22.7. The second-order valence-corrected chi connectivity index (χ2v) is 7.93. The van der Waals surface area contributed by atoms with Gasteiger partial charge in [0.15, 0.2) is 0 Å². The van der Waals surface area contributed by atoms with Crippen molar-refractivity contribution in [3.63, 3.8) is 0 Å². The van der Waals surface area contributed by atoms with Crippen molar-refractivity contribution in [3.05, 3.63) is 34.1 Å². The van der Waals surface area contributed by atoms with Gasteiger partial charge in [-0.25, -0.2) is 4.98 Å². The number of nitrogens with zero attached hydrogens (tertiary/aromatic N) is 3. The minimum atomic E-state index is -0.215. The molecule has 0 radical (unpaired) electrons. The Morgan fingerprint density at radius 1 is 1.52 bits per heavy atom. The number of hydrogen-bond acceptors (Lipinski definition) is 7. The zero-order valence-corrected chi connectivity index (χ0v) is 15.1. The van der Waals surface area contributed by atoms with Gasteiger partial charge in [0, 0.05) is 37.1 Å². The van der Waals surface area contributed by atoms with Crippen LogP contribution < -0.4 is 5.32 Å². The van der Waals surface area contributed by atoms with E-state index in [9.17, 15) is 4.79 Å². The zero-order valence-electron chi connectivity index (χ0n) is 14.2. The summed E-state index contributed by atoms with van der Waals surface area (Å²) in [6, 6.07) is 1.56. The number of ether oxygens (including phenoxy) is 1. The molecule has 4 rings (SSSR count). The summed E-state index contributed by atoms with van der Waals surface area (Å²) in [5.41, 5.74) is 3.07. The summed E-state index contributed by atoms with van der Waals surface area (Å²) in [6.07, 6.45) is 3.59. The van der Waals surface area contributed by atoms with Crippen molar-refractivity contribution in [1.29, 1.82) is 0 Å². The van der Waals surface area contributed by atoms with Gasteiger partial charge < -0.3 is 14.6 Å². The number of amides is 1. The number of rotatable bonds is 5. The highest BCUT2D eigenvalue weighted by Crippen LogP contribution is 2.37. The van der Waals surface area contributed by atoms with E-state index in [-0.39, 0.29) is 17.3 Å². The van der Waals surface area contributed by atoms with Gasteiger partial charge in [-0.15, -0.1) is 11.3 Å². The van der Waals surface area contributed by atoms with Crippen LogP contribution in [0.3, 0.4) is 0 Å². The molecule has 0 unspecified atom stereocenters. The average molecular weight is 362 g/mol. The maximum Gasteiger partial charge on any atom is 0.289 e. The van der Waals surface area contributed by atoms with Gasteiger partial charge in [-0.05, 0) is 25.7 Å². The topological polar surface area (TPSA) is 80.5 Å². The van der Waals surface area contributed by atoms with Crippen LogP contribution in [0.2, 0.25) is 0 Å². The van der Waals surface area contributed by atoms with Gasteiger partial charge in [-0.1, -0.05) is 5.16 Å². The molecule has 0 aliphatic carbocycles. The summed E-state index contributed by atoms with van der Waals surface area (Å²) < 4.78 is 11.0. The SMILES string of the molecule is Cc1ncsc1CN1CC2(CC[C@@H](CNC(=O)c3ccno3)CO2)C1. The summed E-state index contributed by atoms with van der Waals surface area (Å²) in [5, 5.41) is 6.44. The van der Waals surface area contributed by atoms with E-state index in [1.54, 1.807) is 17.4 Å². The Hall–Kier alpha value is -1.77. The number of aryl methyl sites for hydroxylation is 1. The molecule has 25 heavy (non-hydrogen) atoms. The molecular weight excluding hydrogens is 340 g/mol. The van der Waals surface area contributed by atoms with E-state index in [1.165, 1.54) is 11.1 Å². The second kappa shape index (κ2) is 6.86. The van der Waals surface area contributed by atoms with Crippen LogP contribution >= 0.6 is 11.3 Å². The van der Waals surface area contributed by atoms with E-state index in [4.69, 9.17) is 9.26 Å². The Balaban J connectivity index is 1.19. The summed E-state index contributed by atoms with van der Waals surface area (Å²) in [7, 11) is 0. The van der Waals surface area contributed by atoms with Crippen molar-refractivity contribution in [2.24, 2.45) is 5.92 Å². The molecule has 0 aromatic carbocycles. The first-order valence-corrected chi connectivity index (χ1v) is 9.46. The smallest absolute Gasteiger partial charge is 0.289 e. The van der Waals surface area contributed by atoms with Gasteiger partial charge in [-0.2, -0.15) is 0 Å². The molecule has 7 nitrogen and oxygen atoms in total. The van der Waals surface area contributed by atoms with Gasteiger partial charge in [-0.3, -0.25) is 9.69 Å². The van der Waals surface area contributed by atoms with Crippen LogP contribution in [0.5, 0.6) is 0 Å². The molecule has 2 aromatic rings. The number of nitrogens with one attached hydrogen (secondary N) is 1. The maximum absolute atomic E-state index is 11.9. The largest absolute Gasteiger partial charge is 0.372 e. The Kier molecular flexibility index (Phi) is 4.58. The minimum absolute atomic E-state index is 0.0179. The van der Waals surface area contributed by atoms with Crippen molar-refractivity contribution in [2.45, 2.75) is 31.9 Å². The molecule has 2 aliphatic rings. The van der Waals surface area contributed by atoms with Crippen LogP contribution in [0, 0.1) is 12.8 Å². The molecule has 134 valence electrons. The predicted octanol–water partition coefficient (Wildman–Crippen LogP) is 1.85. The third-order valence-corrected chi connectivity index (χ3v) is 6.00. The van der Waals surface area contributed by atoms with Crippen molar-refractivity contribution in [2.75, 3.05) is 26.2 Å². The van der Waals surface area contributed by atoms with E-state index in [0.29, 0.717) is 19.1 Å². The summed E-state index contributed by atoms with van der Waals surface area (Å²) in [4.78, 5) is 19.9. The Bertz CT molecular complexity index is 714. The molecule has 0 bridgehead atoms. The van der Waals surface area contributed by atoms with Gasteiger partial charge in [0.05, 0.1) is 29.6 Å². The molecule has 1 amide bonds. The van der Waals surface area contributed by atoms with Gasteiger partial charge in [0.1, 0.15) is 0 Å². The van der Waals surface area contributed by atoms with E-state index < -0.39 is 0 Å². The maximum atomic E-state index is 11.9. The van der Waals surface area contributed by atoms with Crippen molar-refractivity contribution in [3.8, 4) is 0 Å². The van der Waals surface area contributed by atoms with Gasteiger partial charge in [0.2, 0.25) is 5.76 Å². The minimum Gasteiger partial charge on any atom is -0.372 e. The fraction of sp³-hybridized carbons (Fsp3) is 0.588. The van der Waals surface area contributed by atoms with Crippen molar-refractivity contribution in [1.82, 2.24) is 20.4 Å². The van der Waals surface area contributed by atoms with Gasteiger partial charge in [0.25, 0.3) is 5.91 Å². The predicted molar refractivity (Wildman–Crippen MR) is 92.4 cm³/mol. The summed E-state index contributed by atoms with van der Waals surface area (Å²) in [6.45, 7) is 6.32. The highest BCUT2D eigenvalue weighted by Gasteiger charge is 2.46. The highest BCUT2D eigenvalue weighted by molar-refractivity contribution is 7.09. The number of likely N-dealkylation sites (tertiary alicyclic amines) is 1. The first kappa shape index (κ1) is 16.7. The van der Waals surface area contributed by atoms with Crippen LogP contribution in [-0.4, -0.2) is 52.8 Å². The van der Waals surface area contributed by atoms with Crippen molar-refractivity contribution >= 4 is 17.2 Å². The van der Waals surface area contributed by atoms with Crippen LogP contribution in [0.1, 0.15) is 34.0 Å². The Morgan fingerprint density at radius 2 is 2.40 bits per heavy atom. The molecule has 2 aliphatic heterocycles. The first-order chi connectivity index (χ1) is 12.1. The fourth-order valence-corrected chi connectivity index (χ4v) is 4.36. The van der Waals surface area contributed by atoms with E-state index in [1.807, 2.05) is 5.51 Å². The zero-order chi connectivity index (χ0) is 17.3. The molecule has 4 heterocycles. The summed E-state index contributed by atoms with van der Waals surface area (Å²) >= 11 is 1.72. The number of aromatic nitrogens is 2. The molecule has 1 atom stereocenters. The molecule has 8 heteroatoms. The molecule has 2 fully saturated rings.